The molecule has 6 heteroatoms. The van der Waals surface area contributed by atoms with Gasteiger partial charge in [-0.1, -0.05) is 13.8 Å². The number of nitrogens with one attached hydrogen (secondary N) is 1. The van der Waals surface area contributed by atoms with E-state index in [4.69, 9.17) is 5.14 Å². The molecule has 1 rings (SSSR count). The molecule has 1 aromatic rings. The molecule has 0 saturated heterocycles. The maximum Gasteiger partial charge on any atom is 0.238 e. The Morgan fingerprint density at radius 3 is 2.28 bits per heavy atom. The summed E-state index contributed by atoms with van der Waals surface area (Å²) in [7, 11) is -3.74. The highest BCUT2D eigenvalue weighted by molar-refractivity contribution is 7.89. The Bertz CT molecular complexity index is 577. The summed E-state index contributed by atoms with van der Waals surface area (Å²) in [5.41, 5.74) is 2.10. The molecule has 0 aliphatic heterocycles. The smallest absolute Gasteiger partial charge is 0.238 e. The number of carbonyl (C=O) groups is 1. The lowest BCUT2D eigenvalue weighted by Gasteiger charge is -2.17. The van der Waals surface area contributed by atoms with E-state index in [1.807, 2.05) is 13.8 Å². The zero-order valence-electron chi connectivity index (χ0n) is 10.9. The van der Waals surface area contributed by atoms with E-state index in [1.54, 1.807) is 6.92 Å². The van der Waals surface area contributed by atoms with Gasteiger partial charge in [0.1, 0.15) is 0 Å². The number of nitrogens with two attached hydrogens (primary N) is 1. The van der Waals surface area contributed by atoms with Crippen LogP contribution in [0.2, 0.25) is 0 Å². The fourth-order valence-electron chi connectivity index (χ4n) is 1.75. The predicted octanol–water partition coefficient (Wildman–Crippen LogP) is 1.72. The highest BCUT2D eigenvalue weighted by Crippen LogP contribution is 2.30. The number of benzene rings is 1. The Morgan fingerprint density at radius 1 is 1.33 bits per heavy atom. The van der Waals surface area contributed by atoms with Gasteiger partial charge in [0.15, 0.2) is 0 Å². The zero-order valence-corrected chi connectivity index (χ0v) is 11.8. The van der Waals surface area contributed by atoms with Crippen LogP contribution in [0.5, 0.6) is 0 Å². The van der Waals surface area contributed by atoms with Gasteiger partial charge in [0.2, 0.25) is 15.9 Å². The van der Waals surface area contributed by atoms with Crippen molar-refractivity contribution in [1.29, 1.82) is 0 Å². The number of hydrogen-bond donors (Lipinski definition) is 2. The summed E-state index contributed by atoms with van der Waals surface area (Å²) < 4.78 is 22.8. The third-order valence-electron chi connectivity index (χ3n) is 2.59. The minimum absolute atomic E-state index is 0.0674. The Hall–Kier alpha value is -1.40. The third kappa shape index (κ3) is 3.30. The number of primary sulfonamides is 1. The molecule has 100 valence electrons. The Balaban J connectivity index is 3.50. The van der Waals surface area contributed by atoms with Gasteiger partial charge in [-0.15, -0.1) is 0 Å². The lowest BCUT2D eigenvalue weighted by Crippen LogP contribution is -2.15. The second kappa shape index (κ2) is 5.07. The normalized spacial score (nSPS) is 11.7. The van der Waals surface area contributed by atoms with Crippen molar-refractivity contribution in [2.45, 2.75) is 38.5 Å². The van der Waals surface area contributed by atoms with Gasteiger partial charge in [0.05, 0.1) is 4.90 Å². The fraction of sp³-hybridized carbons (Fsp3) is 0.417. The van der Waals surface area contributed by atoms with E-state index in [0.29, 0.717) is 11.3 Å². The van der Waals surface area contributed by atoms with Crippen LogP contribution in [0.25, 0.3) is 0 Å². The lowest BCUT2D eigenvalue weighted by molar-refractivity contribution is -0.114. The maximum atomic E-state index is 11.4. The highest BCUT2D eigenvalue weighted by atomic mass is 32.2. The summed E-state index contributed by atoms with van der Waals surface area (Å²) in [6, 6.07) is 2.98. The van der Waals surface area contributed by atoms with Crippen molar-refractivity contribution >= 4 is 21.6 Å². The SMILES string of the molecule is CC(=O)Nc1c(C)cc(S(N)(=O)=O)cc1C(C)C. The number of carbonyl (C=O) groups excluding carboxylic acids is 1. The zero-order chi connectivity index (χ0) is 14.1. The second-order valence-corrected chi connectivity index (χ2v) is 6.15. The molecule has 1 aromatic carbocycles. The molecule has 0 aliphatic carbocycles. The van der Waals surface area contributed by atoms with Gasteiger partial charge in [0, 0.05) is 12.6 Å². The van der Waals surface area contributed by atoms with E-state index in [0.717, 1.165) is 5.56 Å². The molecule has 0 aromatic heterocycles. The maximum absolute atomic E-state index is 11.4. The van der Waals surface area contributed by atoms with Crippen molar-refractivity contribution in [1.82, 2.24) is 0 Å². The number of rotatable bonds is 3. The van der Waals surface area contributed by atoms with E-state index in [2.05, 4.69) is 5.32 Å². The molecular weight excluding hydrogens is 252 g/mol. The van der Waals surface area contributed by atoms with Crippen molar-refractivity contribution in [2.24, 2.45) is 5.14 Å². The number of sulfonamides is 1. The number of aryl methyl sites for hydroxylation is 1. The summed E-state index contributed by atoms with van der Waals surface area (Å²) in [5.74, 6) is -0.115. The summed E-state index contributed by atoms with van der Waals surface area (Å²) in [6.45, 7) is 7.00. The van der Waals surface area contributed by atoms with Gasteiger partial charge < -0.3 is 5.32 Å². The first-order chi connectivity index (χ1) is 8.12. The average Bonchev–Trinajstić information content (AvgIpc) is 2.17. The molecule has 0 spiro atoms. The van der Waals surface area contributed by atoms with Crippen LogP contribution in [0, 0.1) is 6.92 Å². The van der Waals surface area contributed by atoms with E-state index >= 15 is 0 Å². The lowest BCUT2D eigenvalue weighted by atomic mass is 9.98. The molecule has 0 atom stereocenters. The van der Waals surface area contributed by atoms with Crippen LogP contribution >= 0.6 is 0 Å². The highest BCUT2D eigenvalue weighted by Gasteiger charge is 2.17. The van der Waals surface area contributed by atoms with Crippen LogP contribution in [-0.2, 0) is 14.8 Å². The van der Waals surface area contributed by atoms with Gasteiger partial charge in [-0.3, -0.25) is 4.79 Å². The Morgan fingerprint density at radius 2 is 1.89 bits per heavy atom. The van der Waals surface area contributed by atoms with Crippen molar-refractivity contribution in [3.63, 3.8) is 0 Å². The first kappa shape index (κ1) is 14.7. The third-order valence-corrected chi connectivity index (χ3v) is 3.48. The van der Waals surface area contributed by atoms with Gasteiger partial charge >= 0.3 is 0 Å². The fourth-order valence-corrected chi connectivity index (χ4v) is 2.38. The molecule has 0 heterocycles. The van der Waals surface area contributed by atoms with Crippen LogP contribution in [0.3, 0.4) is 0 Å². The van der Waals surface area contributed by atoms with Crippen LogP contribution in [0.4, 0.5) is 5.69 Å². The first-order valence-corrected chi connectivity index (χ1v) is 7.12. The van der Waals surface area contributed by atoms with Crippen LogP contribution in [0.15, 0.2) is 17.0 Å². The summed E-state index contributed by atoms with van der Waals surface area (Å²) in [5, 5.41) is 7.86. The monoisotopic (exact) mass is 270 g/mol. The topological polar surface area (TPSA) is 89.3 Å². The Labute approximate surface area is 107 Å². The van der Waals surface area contributed by atoms with Gasteiger partial charge in [-0.25, -0.2) is 13.6 Å². The second-order valence-electron chi connectivity index (χ2n) is 4.59. The average molecular weight is 270 g/mol. The molecule has 0 aliphatic rings. The number of anilines is 1. The minimum atomic E-state index is -3.74. The minimum Gasteiger partial charge on any atom is -0.326 e. The first-order valence-electron chi connectivity index (χ1n) is 5.58. The molecule has 1 amide bonds. The number of hydrogen-bond acceptors (Lipinski definition) is 3. The largest absolute Gasteiger partial charge is 0.326 e. The van der Waals surface area contributed by atoms with Crippen molar-refractivity contribution in [3.05, 3.63) is 23.3 Å². The van der Waals surface area contributed by atoms with Crippen molar-refractivity contribution in [3.8, 4) is 0 Å². The van der Waals surface area contributed by atoms with Gasteiger partial charge in [-0.05, 0) is 36.1 Å². The Kier molecular flexibility index (Phi) is 4.13. The molecule has 0 unspecified atom stereocenters. The number of amides is 1. The van der Waals surface area contributed by atoms with E-state index < -0.39 is 10.0 Å². The molecule has 0 saturated carbocycles. The standard InChI is InChI=1S/C12H18N2O3S/c1-7(2)11-6-10(18(13,16)17)5-8(3)12(11)14-9(4)15/h5-7H,1-4H3,(H,14,15)(H2,13,16,17). The molecule has 5 nitrogen and oxygen atoms in total. The summed E-state index contributed by atoms with van der Waals surface area (Å²) >= 11 is 0. The summed E-state index contributed by atoms with van der Waals surface area (Å²) in [4.78, 5) is 11.2. The van der Waals surface area contributed by atoms with Crippen molar-refractivity contribution in [2.75, 3.05) is 5.32 Å². The van der Waals surface area contributed by atoms with Crippen molar-refractivity contribution < 1.29 is 13.2 Å². The van der Waals surface area contributed by atoms with Gasteiger partial charge in [0.25, 0.3) is 0 Å². The molecule has 0 radical (unpaired) electrons. The van der Waals surface area contributed by atoms with E-state index in [9.17, 15) is 13.2 Å². The van der Waals surface area contributed by atoms with Crippen LogP contribution in [0.1, 0.15) is 37.8 Å². The molecule has 3 N–H and O–H groups in total. The van der Waals surface area contributed by atoms with E-state index in [-0.39, 0.29) is 16.7 Å². The molecule has 0 bridgehead atoms. The van der Waals surface area contributed by atoms with E-state index in [1.165, 1.54) is 19.1 Å². The molecule has 0 fully saturated rings. The van der Waals surface area contributed by atoms with Crippen LogP contribution < -0.4 is 10.5 Å². The van der Waals surface area contributed by atoms with Gasteiger partial charge in [-0.2, -0.15) is 0 Å². The van der Waals surface area contributed by atoms with Crippen LogP contribution in [-0.4, -0.2) is 14.3 Å². The molecule has 18 heavy (non-hydrogen) atoms. The predicted molar refractivity (Wildman–Crippen MR) is 70.9 cm³/mol. The summed E-state index contributed by atoms with van der Waals surface area (Å²) in [6.07, 6.45) is 0. The molecular formula is C12H18N2O3S. The quantitative estimate of drug-likeness (QED) is 0.876.